The van der Waals surface area contributed by atoms with Gasteiger partial charge < -0.3 is 20.1 Å². The van der Waals surface area contributed by atoms with Crippen molar-refractivity contribution >= 4 is 5.91 Å². The van der Waals surface area contributed by atoms with Gasteiger partial charge in [-0.25, -0.2) is 0 Å². The second-order valence-electron chi connectivity index (χ2n) is 4.07. The normalized spacial score (nSPS) is 10.4. The molecule has 106 valence electrons. The van der Waals surface area contributed by atoms with E-state index >= 15 is 0 Å². The Morgan fingerprint density at radius 1 is 1.16 bits per heavy atom. The van der Waals surface area contributed by atoms with Crippen molar-refractivity contribution in [3.63, 3.8) is 0 Å². The zero-order valence-electron chi connectivity index (χ0n) is 11.4. The molecule has 5 heteroatoms. The Kier molecular flexibility index (Phi) is 8.63. The highest BCUT2D eigenvalue weighted by Crippen LogP contribution is 1.99. The van der Waals surface area contributed by atoms with Crippen molar-refractivity contribution < 1.29 is 14.3 Å². The molecule has 1 amide bonds. The average Bonchev–Trinajstić information content (AvgIpc) is 2.44. The Hall–Kier alpha value is -1.43. The van der Waals surface area contributed by atoms with E-state index in [1.807, 2.05) is 30.3 Å². The van der Waals surface area contributed by atoms with Crippen LogP contribution in [0, 0.1) is 0 Å². The predicted octanol–water partition coefficient (Wildman–Crippen LogP) is 0.555. The van der Waals surface area contributed by atoms with Gasteiger partial charge in [-0.3, -0.25) is 4.79 Å². The topological polar surface area (TPSA) is 59.6 Å². The first-order chi connectivity index (χ1) is 9.33. The third-order valence-corrected chi connectivity index (χ3v) is 2.45. The highest BCUT2D eigenvalue weighted by Gasteiger charge is 2.00. The van der Waals surface area contributed by atoms with Gasteiger partial charge in [-0.05, 0) is 5.56 Å². The van der Waals surface area contributed by atoms with E-state index in [4.69, 9.17) is 9.47 Å². The van der Waals surface area contributed by atoms with Crippen molar-refractivity contribution in [1.29, 1.82) is 0 Å². The highest BCUT2D eigenvalue weighted by atomic mass is 16.5. The summed E-state index contributed by atoms with van der Waals surface area (Å²) < 4.78 is 10.2. The molecule has 0 saturated heterocycles. The van der Waals surface area contributed by atoms with Crippen LogP contribution in [0.5, 0.6) is 0 Å². The Balaban J connectivity index is 1.96. The summed E-state index contributed by atoms with van der Waals surface area (Å²) in [6, 6.07) is 9.79. The van der Waals surface area contributed by atoms with Crippen molar-refractivity contribution in [2.45, 2.75) is 6.61 Å². The van der Waals surface area contributed by atoms with Crippen molar-refractivity contribution in [3.8, 4) is 0 Å². The molecule has 0 bridgehead atoms. The zero-order valence-corrected chi connectivity index (χ0v) is 11.4. The minimum Gasteiger partial charge on any atom is -0.383 e. The molecule has 0 radical (unpaired) electrons. The number of nitrogens with one attached hydrogen (secondary N) is 2. The lowest BCUT2D eigenvalue weighted by atomic mass is 10.2. The second kappa shape index (κ2) is 10.5. The quantitative estimate of drug-likeness (QED) is 0.607. The molecule has 0 atom stereocenters. The van der Waals surface area contributed by atoms with E-state index in [0.717, 1.165) is 18.7 Å². The van der Waals surface area contributed by atoms with Crippen molar-refractivity contribution in [2.75, 3.05) is 40.0 Å². The lowest BCUT2D eigenvalue weighted by molar-refractivity contribution is -0.126. The predicted molar refractivity (Wildman–Crippen MR) is 73.9 cm³/mol. The summed E-state index contributed by atoms with van der Waals surface area (Å²) in [4.78, 5) is 11.4. The van der Waals surface area contributed by atoms with Crippen LogP contribution in [0.15, 0.2) is 30.3 Å². The fraction of sp³-hybridized carbons (Fsp3) is 0.500. The maximum atomic E-state index is 11.4. The van der Waals surface area contributed by atoms with E-state index in [1.54, 1.807) is 7.11 Å². The molecule has 0 unspecified atom stereocenters. The van der Waals surface area contributed by atoms with Crippen LogP contribution in [0.1, 0.15) is 5.56 Å². The summed E-state index contributed by atoms with van der Waals surface area (Å²) in [5.74, 6) is -0.0931. The highest BCUT2D eigenvalue weighted by molar-refractivity contribution is 5.77. The molecule has 0 heterocycles. The first kappa shape index (κ1) is 15.6. The molecule has 0 aliphatic heterocycles. The summed E-state index contributed by atoms with van der Waals surface area (Å²) in [5, 5.41) is 5.92. The zero-order chi connectivity index (χ0) is 13.8. The minimum atomic E-state index is -0.0931. The maximum Gasteiger partial charge on any atom is 0.246 e. The molecule has 0 spiro atoms. The van der Waals surface area contributed by atoms with E-state index in [2.05, 4.69) is 10.6 Å². The van der Waals surface area contributed by atoms with Crippen LogP contribution in [0.4, 0.5) is 0 Å². The van der Waals surface area contributed by atoms with Gasteiger partial charge in [0.2, 0.25) is 5.91 Å². The summed E-state index contributed by atoms with van der Waals surface area (Å²) in [6.45, 7) is 3.34. The molecular weight excluding hydrogens is 244 g/mol. The fourth-order valence-corrected chi connectivity index (χ4v) is 1.48. The minimum absolute atomic E-state index is 0.0902. The van der Waals surface area contributed by atoms with Crippen LogP contribution in [0.3, 0.4) is 0 Å². The van der Waals surface area contributed by atoms with E-state index in [0.29, 0.717) is 19.8 Å². The van der Waals surface area contributed by atoms with Crippen LogP contribution in [0.2, 0.25) is 0 Å². The molecule has 1 aromatic carbocycles. The summed E-state index contributed by atoms with van der Waals surface area (Å²) in [5.41, 5.74) is 1.07. The second-order valence-corrected chi connectivity index (χ2v) is 4.07. The summed E-state index contributed by atoms with van der Waals surface area (Å²) in [6.07, 6.45) is 0. The van der Waals surface area contributed by atoms with Gasteiger partial charge in [0.05, 0.1) is 13.2 Å². The Morgan fingerprint density at radius 3 is 2.68 bits per heavy atom. The van der Waals surface area contributed by atoms with Crippen LogP contribution in [-0.2, 0) is 20.9 Å². The maximum absolute atomic E-state index is 11.4. The van der Waals surface area contributed by atoms with Crippen molar-refractivity contribution in [1.82, 2.24) is 10.6 Å². The molecule has 0 fully saturated rings. The first-order valence-corrected chi connectivity index (χ1v) is 6.41. The van der Waals surface area contributed by atoms with Gasteiger partial charge in [0, 0.05) is 26.7 Å². The Bertz CT molecular complexity index is 344. The smallest absolute Gasteiger partial charge is 0.246 e. The fourth-order valence-electron chi connectivity index (χ4n) is 1.48. The number of benzene rings is 1. The first-order valence-electron chi connectivity index (χ1n) is 6.41. The largest absolute Gasteiger partial charge is 0.383 e. The van der Waals surface area contributed by atoms with Gasteiger partial charge in [0.25, 0.3) is 0 Å². The van der Waals surface area contributed by atoms with Crippen LogP contribution >= 0.6 is 0 Å². The SMILES string of the molecule is COCCNCCNC(=O)COCc1ccccc1. The number of hydrogen-bond acceptors (Lipinski definition) is 4. The Morgan fingerprint density at radius 2 is 1.95 bits per heavy atom. The van der Waals surface area contributed by atoms with Crippen LogP contribution in [-0.4, -0.2) is 45.9 Å². The molecule has 1 rings (SSSR count). The van der Waals surface area contributed by atoms with E-state index < -0.39 is 0 Å². The van der Waals surface area contributed by atoms with Crippen molar-refractivity contribution in [3.05, 3.63) is 35.9 Å². The standard InChI is InChI=1S/C14H22N2O3/c1-18-10-9-15-7-8-16-14(17)12-19-11-13-5-3-2-4-6-13/h2-6,15H,7-12H2,1H3,(H,16,17). The number of methoxy groups -OCH3 is 1. The number of carbonyl (C=O) groups is 1. The van der Waals surface area contributed by atoms with E-state index in [-0.39, 0.29) is 12.5 Å². The summed E-state index contributed by atoms with van der Waals surface area (Å²) >= 11 is 0. The third kappa shape index (κ3) is 8.31. The molecule has 0 aromatic heterocycles. The molecule has 5 nitrogen and oxygen atoms in total. The number of amides is 1. The van der Waals surface area contributed by atoms with Gasteiger partial charge in [-0.1, -0.05) is 30.3 Å². The van der Waals surface area contributed by atoms with Gasteiger partial charge in [-0.15, -0.1) is 0 Å². The number of hydrogen-bond donors (Lipinski definition) is 2. The van der Waals surface area contributed by atoms with Gasteiger partial charge in [0.15, 0.2) is 0 Å². The number of ether oxygens (including phenoxy) is 2. The van der Waals surface area contributed by atoms with Crippen LogP contribution in [0.25, 0.3) is 0 Å². The van der Waals surface area contributed by atoms with Crippen molar-refractivity contribution in [2.24, 2.45) is 0 Å². The van der Waals surface area contributed by atoms with Crippen LogP contribution < -0.4 is 10.6 Å². The monoisotopic (exact) mass is 266 g/mol. The molecule has 0 saturated carbocycles. The summed E-state index contributed by atoms with van der Waals surface area (Å²) in [7, 11) is 1.66. The Labute approximate surface area is 114 Å². The van der Waals surface area contributed by atoms with Gasteiger partial charge >= 0.3 is 0 Å². The molecule has 0 aliphatic rings. The third-order valence-electron chi connectivity index (χ3n) is 2.45. The number of rotatable bonds is 10. The lowest BCUT2D eigenvalue weighted by Crippen LogP contribution is -2.35. The van der Waals surface area contributed by atoms with E-state index in [9.17, 15) is 4.79 Å². The molecule has 2 N–H and O–H groups in total. The van der Waals surface area contributed by atoms with E-state index in [1.165, 1.54) is 0 Å². The van der Waals surface area contributed by atoms with Gasteiger partial charge in [-0.2, -0.15) is 0 Å². The van der Waals surface area contributed by atoms with Gasteiger partial charge in [0.1, 0.15) is 6.61 Å². The molecule has 19 heavy (non-hydrogen) atoms. The molecule has 1 aromatic rings. The lowest BCUT2D eigenvalue weighted by Gasteiger charge is -2.07. The average molecular weight is 266 g/mol. The number of carbonyl (C=O) groups excluding carboxylic acids is 1. The molecular formula is C14H22N2O3. The molecule has 0 aliphatic carbocycles.